The van der Waals surface area contributed by atoms with Crippen LogP contribution >= 0.6 is 11.8 Å². The first-order chi connectivity index (χ1) is 17.0. The zero-order valence-electron chi connectivity index (χ0n) is 19.7. The Kier molecular flexibility index (Phi) is 7.81. The summed E-state index contributed by atoms with van der Waals surface area (Å²) >= 11 is 1.68. The second kappa shape index (κ2) is 11.2. The number of halogens is 1. The lowest BCUT2D eigenvalue weighted by molar-refractivity contribution is 0.0964. The van der Waals surface area contributed by atoms with Crippen molar-refractivity contribution in [3.8, 4) is 11.3 Å². The van der Waals surface area contributed by atoms with E-state index in [1.54, 1.807) is 36.4 Å². The predicted octanol–water partition coefficient (Wildman–Crippen LogP) is 4.10. The van der Waals surface area contributed by atoms with Gasteiger partial charge < -0.3 is 10.6 Å². The van der Waals surface area contributed by atoms with E-state index in [0.717, 1.165) is 34.8 Å². The second-order valence-corrected chi connectivity index (χ2v) is 8.77. The van der Waals surface area contributed by atoms with Crippen molar-refractivity contribution >= 4 is 34.4 Å². The van der Waals surface area contributed by atoms with Gasteiger partial charge in [0.1, 0.15) is 23.8 Å². The minimum absolute atomic E-state index is 0.00822. The number of thioether (sulfide) groups is 1. The summed E-state index contributed by atoms with van der Waals surface area (Å²) in [6, 6.07) is 6.54. The molecule has 1 unspecified atom stereocenters. The van der Waals surface area contributed by atoms with Crippen LogP contribution in [0.1, 0.15) is 34.6 Å². The van der Waals surface area contributed by atoms with Crippen LogP contribution in [0.4, 0.5) is 10.2 Å². The molecule has 0 spiro atoms. The highest BCUT2D eigenvalue weighted by Gasteiger charge is 2.21. The summed E-state index contributed by atoms with van der Waals surface area (Å²) in [5.74, 6) is 1.38. The van der Waals surface area contributed by atoms with Crippen molar-refractivity contribution < 1.29 is 9.18 Å². The molecule has 4 aromatic rings. The van der Waals surface area contributed by atoms with Gasteiger partial charge in [-0.05, 0) is 24.0 Å². The molecule has 0 radical (unpaired) electrons. The highest BCUT2D eigenvalue weighted by molar-refractivity contribution is 7.98. The van der Waals surface area contributed by atoms with Gasteiger partial charge in [-0.25, -0.2) is 24.3 Å². The number of aryl methyl sites for hydroxylation is 1. The number of aromatic nitrogens is 5. The third kappa shape index (κ3) is 5.37. The van der Waals surface area contributed by atoms with Gasteiger partial charge in [-0.1, -0.05) is 13.0 Å². The zero-order chi connectivity index (χ0) is 24.8. The number of nitrogens with zero attached hydrogens (tertiary/aromatic N) is 5. The van der Waals surface area contributed by atoms with Crippen LogP contribution in [-0.4, -0.2) is 56.4 Å². The molecular formula is C25H26FN7OS. The molecule has 0 saturated heterocycles. The van der Waals surface area contributed by atoms with Crippen LogP contribution in [0.25, 0.3) is 22.2 Å². The first kappa shape index (κ1) is 24.5. The number of carbonyl (C=O) groups excluding carboxylic acids is 1. The van der Waals surface area contributed by atoms with Crippen molar-refractivity contribution in [2.45, 2.75) is 19.3 Å². The number of amides is 1. The summed E-state index contributed by atoms with van der Waals surface area (Å²) in [7, 11) is 1.52. The molecule has 1 atom stereocenters. The molecule has 10 heteroatoms. The van der Waals surface area contributed by atoms with Gasteiger partial charge in [0.2, 0.25) is 0 Å². The van der Waals surface area contributed by atoms with Gasteiger partial charge in [-0.15, -0.1) is 0 Å². The van der Waals surface area contributed by atoms with Crippen LogP contribution in [0.3, 0.4) is 0 Å². The fourth-order valence-corrected chi connectivity index (χ4v) is 4.57. The van der Waals surface area contributed by atoms with Crippen LogP contribution in [0.2, 0.25) is 0 Å². The normalized spacial score (nSPS) is 11.9. The summed E-state index contributed by atoms with van der Waals surface area (Å²) in [4.78, 5) is 34.2. The van der Waals surface area contributed by atoms with E-state index < -0.39 is 5.82 Å². The summed E-state index contributed by atoms with van der Waals surface area (Å²) in [5.41, 5.74) is 3.15. The molecule has 35 heavy (non-hydrogen) atoms. The van der Waals surface area contributed by atoms with E-state index in [0.29, 0.717) is 17.9 Å². The smallest absolute Gasteiger partial charge is 0.251 e. The number of hydrogen-bond acceptors (Lipinski definition) is 8. The molecule has 0 fully saturated rings. The van der Waals surface area contributed by atoms with Crippen LogP contribution in [0, 0.1) is 5.82 Å². The molecule has 0 aliphatic rings. The quantitative estimate of drug-likeness (QED) is 0.361. The standard InChI is InChI=1S/C25H26FN7OS/c1-4-21-29-10-15(11-30-21)20-9-22(33-14-32-20)31-12-16(13-35-3)17-5-6-19(26)23-18(25(34)27-2)7-8-28-24(17)23/h5-11,14,16H,4,12-13H2,1-3H3,(H,27,34)(H,31,32,33). The number of pyridine rings is 1. The molecule has 0 aliphatic carbocycles. The SMILES string of the molecule is CCc1ncc(-c2cc(NCC(CSC)c3ccc(F)c4c(C(=O)NC)ccnc34)ncn2)cn1. The first-order valence-electron chi connectivity index (χ1n) is 11.2. The maximum atomic E-state index is 14.8. The lowest BCUT2D eigenvalue weighted by Crippen LogP contribution is -2.20. The lowest BCUT2D eigenvalue weighted by atomic mass is 9.95. The Morgan fingerprint density at radius 1 is 1.11 bits per heavy atom. The molecule has 0 bridgehead atoms. The first-order valence-corrected chi connectivity index (χ1v) is 12.6. The molecular weight excluding hydrogens is 465 g/mol. The van der Waals surface area contributed by atoms with Crippen molar-refractivity contribution in [1.29, 1.82) is 0 Å². The number of hydrogen-bond donors (Lipinski definition) is 2. The molecule has 0 aliphatic heterocycles. The van der Waals surface area contributed by atoms with E-state index in [1.165, 1.54) is 25.5 Å². The number of nitrogens with one attached hydrogen (secondary N) is 2. The summed E-state index contributed by atoms with van der Waals surface area (Å²) < 4.78 is 14.8. The van der Waals surface area contributed by atoms with Crippen LogP contribution in [0.5, 0.6) is 0 Å². The van der Waals surface area contributed by atoms with Gasteiger partial charge in [0.05, 0.1) is 16.8 Å². The Labute approximate surface area is 207 Å². The fraction of sp³-hybridized carbons (Fsp3) is 0.280. The average molecular weight is 492 g/mol. The van der Waals surface area contributed by atoms with E-state index in [2.05, 4.69) is 35.6 Å². The number of rotatable bonds is 9. The summed E-state index contributed by atoms with van der Waals surface area (Å²) in [6.07, 6.45) is 9.35. The third-order valence-corrected chi connectivity index (χ3v) is 6.40. The number of benzene rings is 1. The Morgan fingerprint density at radius 2 is 1.91 bits per heavy atom. The van der Waals surface area contributed by atoms with Gasteiger partial charge in [-0.2, -0.15) is 11.8 Å². The van der Waals surface area contributed by atoms with Gasteiger partial charge in [-0.3, -0.25) is 9.78 Å². The Bertz CT molecular complexity index is 1330. The number of fused-ring (bicyclic) bond motifs is 1. The molecule has 3 heterocycles. The van der Waals surface area contributed by atoms with Crippen molar-refractivity contribution in [1.82, 2.24) is 30.2 Å². The van der Waals surface area contributed by atoms with E-state index in [-0.39, 0.29) is 22.8 Å². The van der Waals surface area contributed by atoms with Crippen molar-refractivity contribution in [2.24, 2.45) is 0 Å². The van der Waals surface area contributed by atoms with E-state index in [1.807, 2.05) is 19.2 Å². The van der Waals surface area contributed by atoms with Gasteiger partial charge in [0.15, 0.2) is 0 Å². The number of anilines is 1. The molecule has 2 N–H and O–H groups in total. The van der Waals surface area contributed by atoms with Crippen LogP contribution in [-0.2, 0) is 6.42 Å². The maximum Gasteiger partial charge on any atom is 0.251 e. The Hall–Kier alpha value is -3.66. The maximum absolute atomic E-state index is 14.8. The zero-order valence-corrected chi connectivity index (χ0v) is 20.6. The topological polar surface area (TPSA) is 106 Å². The molecule has 3 aromatic heterocycles. The minimum Gasteiger partial charge on any atom is -0.369 e. The number of carbonyl (C=O) groups is 1. The molecule has 0 saturated carbocycles. The largest absolute Gasteiger partial charge is 0.369 e. The molecule has 180 valence electrons. The van der Waals surface area contributed by atoms with Crippen molar-refractivity contribution in [2.75, 3.05) is 30.9 Å². The summed E-state index contributed by atoms with van der Waals surface area (Å²) in [6.45, 7) is 2.54. The van der Waals surface area contributed by atoms with Crippen molar-refractivity contribution in [3.05, 3.63) is 72.0 Å². The van der Waals surface area contributed by atoms with E-state index in [9.17, 15) is 9.18 Å². The predicted molar refractivity (Wildman–Crippen MR) is 137 cm³/mol. The monoisotopic (exact) mass is 491 g/mol. The summed E-state index contributed by atoms with van der Waals surface area (Å²) in [5, 5.41) is 6.19. The fourth-order valence-electron chi connectivity index (χ4n) is 3.87. The highest BCUT2D eigenvalue weighted by Crippen LogP contribution is 2.30. The average Bonchev–Trinajstić information content (AvgIpc) is 2.91. The van der Waals surface area contributed by atoms with Crippen LogP contribution in [0.15, 0.2) is 49.2 Å². The van der Waals surface area contributed by atoms with Crippen molar-refractivity contribution in [3.63, 3.8) is 0 Å². The molecule has 8 nitrogen and oxygen atoms in total. The lowest BCUT2D eigenvalue weighted by Gasteiger charge is -2.20. The van der Waals surface area contributed by atoms with Gasteiger partial charge in [0, 0.05) is 67.3 Å². The molecule has 1 amide bonds. The molecule has 1 aromatic carbocycles. The van der Waals surface area contributed by atoms with Crippen LogP contribution < -0.4 is 10.6 Å². The Morgan fingerprint density at radius 3 is 2.63 bits per heavy atom. The highest BCUT2D eigenvalue weighted by atomic mass is 32.2. The molecule has 4 rings (SSSR count). The Balaban J connectivity index is 1.62. The van der Waals surface area contributed by atoms with Gasteiger partial charge in [0.25, 0.3) is 5.91 Å². The van der Waals surface area contributed by atoms with Gasteiger partial charge >= 0.3 is 0 Å². The second-order valence-electron chi connectivity index (χ2n) is 7.86. The van der Waals surface area contributed by atoms with E-state index in [4.69, 9.17) is 0 Å². The third-order valence-electron chi connectivity index (χ3n) is 5.67. The minimum atomic E-state index is -0.469. The van der Waals surface area contributed by atoms with E-state index >= 15 is 0 Å².